The zero-order chi connectivity index (χ0) is 28.6. The number of likely N-dealkylation sites (tertiary alicyclic amines) is 2. The zero-order valence-electron chi connectivity index (χ0n) is 24.6. The minimum atomic E-state index is -0.416. The van der Waals surface area contributed by atoms with E-state index in [1.54, 1.807) is 0 Å². The molecule has 0 atom stereocenters. The number of carbonyl (C=O) groups excluding carboxylic acids is 1. The van der Waals surface area contributed by atoms with Crippen LogP contribution in [0.4, 0.5) is 4.39 Å². The van der Waals surface area contributed by atoms with Crippen molar-refractivity contribution in [3.05, 3.63) is 53.3 Å². The fourth-order valence-corrected chi connectivity index (χ4v) is 6.46. The molecule has 4 aliphatic rings. The Kier molecular flexibility index (Phi) is 7.70. The number of amidine groups is 1. The predicted molar refractivity (Wildman–Crippen MR) is 156 cm³/mol. The van der Waals surface area contributed by atoms with Gasteiger partial charge in [0, 0.05) is 38.3 Å². The number of esters is 1. The molecular formula is C33H42FN3O4. The van der Waals surface area contributed by atoms with E-state index >= 15 is 0 Å². The lowest BCUT2D eigenvalue weighted by Gasteiger charge is -2.46. The zero-order valence-corrected chi connectivity index (χ0v) is 24.6. The molecule has 2 aromatic carbocycles. The molecular weight excluding hydrogens is 521 g/mol. The van der Waals surface area contributed by atoms with Gasteiger partial charge in [-0.05, 0) is 92.8 Å². The summed E-state index contributed by atoms with van der Waals surface area (Å²) in [5.41, 5.74) is 4.05. The van der Waals surface area contributed by atoms with Gasteiger partial charge in [-0.2, -0.15) is 0 Å². The van der Waals surface area contributed by atoms with Crippen LogP contribution in [0.3, 0.4) is 0 Å². The molecule has 1 aliphatic carbocycles. The number of hydrogen-bond acceptors (Lipinski definition) is 7. The van der Waals surface area contributed by atoms with Crippen molar-refractivity contribution >= 4 is 11.8 Å². The molecule has 3 fully saturated rings. The van der Waals surface area contributed by atoms with Crippen LogP contribution < -0.4 is 4.74 Å². The van der Waals surface area contributed by atoms with E-state index in [2.05, 4.69) is 34.0 Å². The van der Waals surface area contributed by atoms with Crippen molar-refractivity contribution < 1.29 is 23.5 Å². The highest BCUT2D eigenvalue weighted by atomic mass is 19.1. The first-order valence-corrected chi connectivity index (χ1v) is 15.3. The summed E-state index contributed by atoms with van der Waals surface area (Å²) in [6, 6.07) is 11.3. The standard InChI is InChI=1S/C33H42FN3O4/c1-4-16-40-29-18-28(24-8-10-26(34)11-9-24)27(23-6-7-23)17-25(29)20-36-21-33(22-36)19-30(35-41-33)37-14-12-32(3,13-15-37)31(38)39-5-2/h8-11,17-18,23H,4-7,12-16,19-22H2,1-3H3. The summed E-state index contributed by atoms with van der Waals surface area (Å²) in [5.74, 6) is 2.17. The topological polar surface area (TPSA) is 63.6 Å². The largest absolute Gasteiger partial charge is 0.493 e. The molecule has 3 heterocycles. The van der Waals surface area contributed by atoms with Gasteiger partial charge < -0.3 is 19.2 Å². The van der Waals surface area contributed by atoms with Gasteiger partial charge in [-0.15, -0.1) is 0 Å². The maximum atomic E-state index is 13.6. The first-order chi connectivity index (χ1) is 19.8. The summed E-state index contributed by atoms with van der Waals surface area (Å²) in [4.78, 5) is 23.2. The third-order valence-corrected chi connectivity index (χ3v) is 9.11. The second kappa shape index (κ2) is 11.3. The second-order valence-electron chi connectivity index (χ2n) is 12.5. The number of rotatable bonds is 9. The van der Waals surface area contributed by atoms with Gasteiger partial charge in [-0.1, -0.05) is 24.2 Å². The monoisotopic (exact) mass is 563 g/mol. The molecule has 2 aromatic rings. The number of nitrogens with zero attached hydrogens (tertiary/aromatic N) is 3. The Hall–Kier alpha value is -3.13. The van der Waals surface area contributed by atoms with Crippen LogP contribution in [0.25, 0.3) is 11.1 Å². The van der Waals surface area contributed by atoms with Crippen molar-refractivity contribution in [3.63, 3.8) is 0 Å². The van der Waals surface area contributed by atoms with Crippen LogP contribution in [0.2, 0.25) is 0 Å². The molecule has 0 amide bonds. The molecule has 0 unspecified atom stereocenters. The minimum Gasteiger partial charge on any atom is -0.493 e. The summed E-state index contributed by atoms with van der Waals surface area (Å²) >= 11 is 0. The Morgan fingerprint density at radius 1 is 1.12 bits per heavy atom. The number of halogens is 1. The number of piperidine rings is 1. The maximum Gasteiger partial charge on any atom is 0.311 e. The van der Waals surface area contributed by atoms with Crippen LogP contribution in [0.15, 0.2) is 41.6 Å². The molecule has 1 saturated carbocycles. The van der Waals surface area contributed by atoms with Gasteiger partial charge in [0.15, 0.2) is 5.60 Å². The van der Waals surface area contributed by atoms with Crippen molar-refractivity contribution in [2.24, 2.45) is 10.6 Å². The Labute approximate surface area is 242 Å². The lowest BCUT2D eigenvalue weighted by Crippen LogP contribution is -2.61. The van der Waals surface area contributed by atoms with Crippen molar-refractivity contribution in [1.29, 1.82) is 0 Å². The van der Waals surface area contributed by atoms with Gasteiger partial charge in [0.2, 0.25) is 0 Å². The predicted octanol–water partition coefficient (Wildman–Crippen LogP) is 6.11. The molecule has 7 nitrogen and oxygen atoms in total. The lowest BCUT2D eigenvalue weighted by atomic mass is 9.80. The van der Waals surface area contributed by atoms with Gasteiger partial charge in [-0.25, -0.2) is 4.39 Å². The van der Waals surface area contributed by atoms with Crippen molar-refractivity contribution in [1.82, 2.24) is 9.80 Å². The van der Waals surface area contributed by atoms with Crippen LogP contribution in [-0.4, -0.2) is 66.6 Å². The van der Waals surface area contributed by atoms with Crippen LogP contribution in [0, 0.1) is 11.2 Å². The summed E-state index contributed by atoms with van der Waals surface area (Å²) in [6.07, 6.45) is 5.66. The molecule has 0 N–H and O–H groups in total. The molecule has 0 aromatic heterocycles. The average molecular weight is 564 g/mol. The van der Waals surface area contributed by atoms with E-state index < -0.39 is 5.41 Å². The molecule has 6 rings (SSSR count). The molecule has 220 valence electrons. The van der Waals surface area contributed by atoms with Crippen LogP contribution in [0.1, 0.15) is 76.3 Å². The van der Waals surface area contributed by atoms with E-state index in [4.69, 9.17) is 14.3 Å². The third kappa shape index (κ3) is 5.81. The summed E-state index contributed by atoms with van der Waals surface area (Å²) in [5, 5.41) is 4.51. The first kappa shape index (κ1) is 28.0. The smallest absolute Gasteiger partial charge is 0.311 e. The maximum absolute atomic E-state index is 13.6. The molecule has 0 radical (unpaired) electrons. The van der Waals surface area contributed by atoms with E-state index in [1.165, 1.54) is 36.1 Å². The van der Waals surface area contributed by atoms with Gasteiger partial charge in [0.25, 0.3) is 0 Å². The Bertz CT molecular complexity index is 1290. The van der Waals surface area contributed by atoms with Crippen molar-refractivity contribution in [3.8, 4) is 16.9 Å². The summed E-state index contributed by atoms with van der Waals surface area (Å²) in [7, 11) is 0. The number of benzene rings is 2. The van der Waals surface area contributed by atoms with E-state index in [9.17, 15) is 9.18 Å². The van der Waals surface area contributed by atoms with Gasteiger partial charge >= 0.3 is 5.97 Å². The molecule has 41 heavy (non-hydrogen) atoms. The Morgan fingerprint density at radius 2 is 1.85 bits per heavy atom. The van der Waals surface area contributed by atoms with E-state index in [1.807, 2.05) is 26.0 Å². The number of carbonyl (C=O) groups is 1. The number of ether oxygens (including phenoxy) is 2. The summed E-state index contributed by atoms with van der Waals surface area (Å²) < 4.78 is 25.2. The van der Waals surface area contributed by atoms with E-state index in [-0.39, 0.29) is 17.4 Å². The van der Waals surface area contributed by atoms with Crippen LogP contribution in [0.5, 0.6) is 5.75 Å². The van der Waals surface area contributed by atoms with Gasteiger partial charge in [0.05, 0.1) is 25.0 Å². The Balaban J connectivity index is 1.10. The summed E-state index contributed by atoms with van der Waals surface area (Å²) in [6.45, 7) is 11.1. The lowest BCUT2D eigenvalue weighted by molar-refractivity contribution is -0.156. The minimum absolute atomic E-state index is 0.0896. The SMILES string of the molecule is CCCOc1cc(-c2ccc(F)cc2)c(C2CC2)cc1CN1CC2(CC(N3CCC(C)(C(=O)OCC)CC3)=NO2)C1. The quantitative estimate of drug-likeness (QED) is 0.343. The van der Waals surface area contributed by atoms with Crippen LogP contribution >= 0.6 is 0 Å². The highest BCUT2D eigenvalue weighted by molar-refractivity contribution is 5.85. The highest BCUT2D eigenvalue weighted by Crippen LogP contribution is 2.47. The fourth-order valence-electron chi connectivity index (χ4n) is 6.46. The van der Waals surface area contributed by atoms with Crippen molar-refractivity contribution in [2.45, 2.75) is 77.4 Å². The normalized spacial score (nSPS) is 21.3. The number of hydrogen-bond donors (Lipinski definition) is 0. The molecule has 8 heteroatoms. The highest BCUT2D eigenvalue weighted by Gasteiger charge is 2.51. The molecule has 1 spiro atoms. The van der Waals surface area contributed by atoms with E-state index in [0.29, 0.717) is 19.1 Å². The van der Waals surface area contributed by atoms with Gasteiger partial charge in [0.1, 0.15) is 17.4 Å². The van der Waals surface area contributed by atoms with Gasteiger partial charge in [-0.3, -0.25) is 9.69 Å². The average Bonchev–Trinajstić information content (AvgIpc) is 3.71. The van der Waals surface area contributed by atoms with E-state index in [0.717, 1.165) is 81.1 Å². The Morgan fingerprint density at radius 3 is 2.51 bits per heavy atom. The molecule has 3 aliphatic heterocycles. The van der Waals surface area contributed by atoms with Crippen molar-refractivity contribution in [2.75, 3.05) is 39.4 Å². The molecule has 2 saturated heterocycles. The fraction of sp³-hybridized carbons (Fsp3) is 0.576. The number of oxime groups is 1. The first-order valence-electron chi connectivity index (χ1n) is 15.3. The molecule has 0 bridgehead atoms. The second-order valence-corrected chi connectivity index (χ2v) is 12.5. The van der Waals surface area contributed by atoms with Crippen LogP contribution in [-0.2, 0) is 20.9 Å². The third-order valence-electron chi connectivity index (χ3n) is 9.11.